The lowest BCUT2D eigenvalue weighted by molar-refractivity contribution is 1.49. The van der Waals surface area contributed by atoms with Crippen LogP contribution in [-0.4, -0.2) is 6.71 Å². The zero-order valence-electron chi connectivity index (χ0n) is 6.89. The predicted octanol–water partition coefficient (Wildman–Crippen LogP) is 1.96. The Balaban J connectivity index is 2.89. The first kappa shape index (κ1) is 7.39. The number of benzene rings is 1. The van der Waals surface area contributed by atoms with Crippen LogP contribution >= 0.6 is 0 Å². The summed E-state index contributed by atoms with van der Waals surface area (Å²) < 4.78 is 0. The highest BCUT2D eigenvalue weighted by molar-refractivity contribution is 6.70. The third-order valence-electron chi connectivity index (χ3n) is 1.74. The normalized spacial score (nSPS) is 9.50. The van der Waals surface area contributed by atoms with E-state index in [0.29, 0.717) is 6.71 Å². The monoisotopic (exact) mass is 132 g/mol. The van der Waals surface area contributed by atoms with Gasteiger partial charge in [0.2, 0.25) is 0 Å². The minimum absolute atomic E-state index is 0.653. The van der Waals surface area contributed by atoms with Crippen molar-refractivity contribution in [1.82, 2.24) is 0 Å². The van der Waals surface area contributed by atoms with E-state index in [1.54, 1.807) is 0 Å². The highest BCUT2D eigenvalue weighted by Crippen LogP contribution is 1.94. The lowest BCUT2D eigenvalue weighted by Crippen LogP contribution is -2.21. The molecule has 0 saturated carbocycles. The molecule has 0 nitrogen and oxygen atoms in total. The Morgan fingerprint density at radius 2 is 1.50 bits per heavy atom. The van der Waals surface area contributed by atoms with Gasteiger partial charge in [0.05, 0.1) is 0 Å². The first-order valence-corrected chi connectivity index (χ1v) is 3.76. The van der Waals surface area contributed by atoms with Crippen LogP contribution in [0.15, 0.2) is 24.3 Å². The van der Waals surface area contributed by atoms with Crippen molar-refractivity contribution in [2.75, 3.05) is 0 Å². The summed E-state index contributed by atoms with van der Waals surface area (Å²) in [5.74, 6) is 0. The Morgan fingerprint density at radius 1 is 1.00 bits per heavy atom. The minimum atomic E-state index is 0.653. The molecule has 0 heterocycles. The van der Waals surface area contributed by atoms with Gasteiger partial charge in [-0.15, -0.1) is 0 Å². The molecule has 0 aliphatic rings. The van der Waals surface area contributed by atoms with Gasteiger partial charge in [-0.2, -0.15) is 0 Å². The van der Waals surface area contributed by atoms with Gasteiger partial charge < -0.3 is 0 Å². The average molecular weight is 132 g/mol. The van der Waals surface area contributed by atoms with E-state index >= 15 is 0 Å². The number of hydrogen-bond acceptors (Lipinski definition) is 0. The van der Waals surface area contributed by atoms with Gasteiger partial charge in [0, 0.05) is 0 Å². The standard InChI is InChI=1S/C9H13B/c1-8-4-6-9(7-5-8)10(2)3/h4-7H,1-3H3. The van der Waals surface area contributed by atoms with E-state index in [0.717, 1.165) is 0 Å². The fourth-order valence-corrected chi connectivity index (χ4v) is 0.951. The second-order valence-electron chi connectivity index (χ2n) is 3.07. The average Bonchev–Trinajstić information content (AvgIpc) is 1.88. The van der Waals surface area contributed by atoms with E-state index in [2.05, 4.69) is 44.8 Å². The maximum absolute atomic E-state index is 2.21. The molecule has 1 aromatic rings. The molecule has 0 aliphatic carbocycles. The first-order chi connectivity index (χ1) is 4.70. The quantitative estimate of drug-likeness (QED) is 0.512. The van der Waals surface area contributed by atoms with E-state index in [4.69, 9.17) is 0 Å². The summed E-state index contributed by atoms with van der Waals surface area (Å²) >= 11 is 0. The molecule has 0 bridgehead atoms. The van der Waals surface area contributed by atoms with Crippen LogP contribution in [0.25, 0.3) is 0 Å². The number of hydrogen-bond donors (Lipinski definition) is 0. The van der Waals surface area contributed by atoms with Crippen LogP contribution in [0.1, 0.15) is 5.56 Å². The van der Waals surface area contributed by atoms with Crippen molar-refractivity contribution in [3.05, 3.63) is 29.8 Å². The molecule has 0 atom stereocenters. The minimum Gasteiger partial charge on any atom is -0.0819 e. The summed E-state index contributed by atoms with van der Waals surface area (Å²) in [5, 5.41) is 0. The fourth-order valence-electron chi connectivity index (χ4n) is 0.951. The second kappa shape index (κ2) is 2.91. The van der Waals surface area contributed by atoms with Crippen LogP contribution in [0.2, 0.25) is 13.6 Å². The van der Waals surface area contributed by atoms with Crippen LogP contribution in [0.5, 0.6) is 0 Å². The lowest BCUT2D eigenvalue weighted by Gasteiger charge is -2.00. The summed E-state index contributed by atoms with van der Waals surface area (Å²) in [6, 6.07) is 8.71. The highest BCUT2D eigenvalue weighted by Gasteiger charge is 1.99. The molecular formula is C9H13B. The van der Waals surface area contributed by atoms with Crippen molar-refractivity contribution in [3.63, 3.8) is 0 Å². The molecule has 0 aliphatic heterocycles. The summed E-state index contributed by atoms with van der Waals surface area (Å²) in [6.45, 7) is 7.19. The Kier molecular flexibility index (Phi) is 2.15. The number of rotatable bonds is 1. The molecule has 0 amide bonds. The Hall–Kier alpha value is -0.715. The molecular weight excluding hydrogens is 119 g/mol. The van der Waals surface area contributed by atoms with Crippen LogP contribution in [-0.2, 0) is 0 Å². The zero-order valence-corrected chi connectivity index (χ0v) is 6.89. The molecule has 0 fully saturated rings. The fraction of sp³-hybridized carbons (Fsp3) is 0.333. The van der Waals surface area contributed by atoms with Crippen molar-refractivity contribution < 1.29 is 0 Å². The maximum atomic E-state index is 2.21. The smallest absolute Gasteiger partial charge is 0.0819 e. The summed E-state index contributed by atoms with van der Waals surface area (Å²) in [5.41, 5.74) is 2.76. The maximum Gasteiger partial charge on any atom is 0.169 e. The van der Waals surface area contributed by atoms with E-state index in [1.165, 1.54) is 11.0 Å². The molecule has 0 aromatic heterocycles. The summed E-state index contributed by atoms with van der Waals surface area (Å²) in [6.07, 6.45) is 0. The Labute approximate surface area is 63.3 Å². The Morgan fingerprint density at radius 3 is 1.90 bits per heavy atom. The largest absolute Gasteiger partial charge is 0.169 e. The van der Waals surface area contributed by atoms with Crippen molar-refractivity contribution >= 4 is 12.2 Å². The topological polar surface area (TPSA) is 0 Å². The van der Waals surface area contributed by atoms with Gasteiger partial charge in [-0.25, -0.2) is 0 Å². The van der Waals surface area contributed by atoms with Crippen LogP contribution < -0.4 is 5.46 Å². The molecule has 0 spiro atoms. The van der Waals surface area contributed by atoms with E-state index in [1.807, 2.05) is 0 Å². The molecule has 1 aromatic carbocycles. The van der Waals surface area contributed by atoms with Gasteiger partial charge in [0.15, 0.2) is 6.71 Å². The molecule has 10 heavy (non-hydrogen) atoms. The van der Waals surface area contributed by atoms with Gasteiger partial charge in [-0.3, -0.25) is 0 Å². The van der Waals surface area contributed by atoms with Gasteiger partial charge in [-0.05, 0) is 6.92 Å². The zero-order chi connectivity index (χ0) is 7.56. The van der Waals surface area contributed by atoms with E-state index in [9.17, 15) is 0 Å². The van der Waals surface area contributed by atoms with E-state index in [-0.39, 0.29) is 0 Å². The third kappa shape index (κ3) is 1.63. The van der Waals surface area contributed by atoms with Crippen molar-refractivity contribution in [1.29, 1.82) is 0 Å². The summed E-state index contributed by atoms with van der Waals surface area (Å²) in [4.78, 5) is 0. The van der Waals surface area contributed by atoms with Crippen LogP contribution in [0.3, 0.4) is 0 Å². The van der Waals surface area contributed by atoms with Crippen LogP contribution in [0, 0.1) is 6.92 Å². The van der Waals surface area contributed by atoms with Crippen molar-refractivity contribution in [2.24, 2.45) is 0 Å². The van der Waals surface area contributed by atoms with Crippen molar-refractivity contribution in [3.8, 4) is 0 Å². The Bertz CT molecular complexity index is 198. The van der Waals surface area contributed by atoms with Gasteiger partial charge in [0.25, 0.3) is 0 Å². The molecule has 0 N–H and O–H groups in total. The number of aryl methyl sites for hydroxylation is 1. The van der Waals surface area contributed by atoms with Gasteiger partial charge in [0.1, 0.15) is 0 Å². The molecule has 0 unspecified atom stereocenters. The molecule has 1 heteroatoms. The second-order valence-corrected chi connectivity index (χ2v) is 3.07. The SMILES string of the molecule is CB(C)c1ccc(C)cc1. The van der Waals surface area contributed by atoms with Gasteiger partial charge in [-0.1, -0.05) is 48.9 Å². The first-order valence-electron chi connectivity index (χ1n) is 3.76. The van der Waals surface area contributed by atoms with Crippen molar-refractivity contribution in [2.45, 2.75) is 20.6 Å². The molecule has 0 saturated heterocycles. The molecule has 52 valence electrons. The molecule has 0 radical (unpaired) electrons. The van der Waals surface area contributed by atoms with E-state index < -0.39 is 0 Å². The predicted molar refractivity (Wildman–Crippen MR) is 48.3 cm³/mol. The van der Waals surface area contributed by atoms with Gasteiger partial charge >= 0.3 is 0 Å². The summed E-state index contributed by atoms with van der Waals surface area (Å²) in [7, 11) is 0. The van der Waals surface area contributed by atoms with Crippen LogP contribution in [0.4, 0.5) is 0 Å². The highest BCUT2D eigenvalue weighted by atomic mass is 13.9. The molecule has 1 rings (SSSR count). The lowest BCUT2D eigenvalue weighted by atomic mass is 9.49. The third-order valence-corrected chi connectivity index (χ3v) is 1.74.